The van der Waals surface area contributed by atoms with E-state index in [1.54, 1.807) is 43.5 Å². The van der Waals surface area contributed by atoms with E-state index in [-0.39, 0.29) is 17.9 Å². The number of hydrogen-bond donors (Lipinski definition) is 2. The van der Waals surface area contributed by atoms with Crippen molar-refractivity contribution in [1.82, 2.24) is 10.2 Å². The second-order valence-electron chi connectivity index (χ2n) is 10.2. The van der Waals surface area contributed by atoms with Crippen LogP contribution in [0.2, 0.25) is 5.02 Å². The van der Waals surface area contributed by atoms with Gasteiger partial charge in [0.1, 0.15) is 17.7 Å². The number of rotatable bonds is 10. The molecule has 1 fully saturated rings. The molecule has 3 rings (SSSR count). The molecule has 1 aliphatic carbocycles. The molecule has 0 aromatic heterocycles. The molecule has 9 heteroatoms. The van der Waals surface area contributed by atoms with E-state index >= 15 is 0 Å². The smallest absolute Gasteiger partial charge is 0.408 e. The molecule has 2 unspecified atom stereocenters. The monoisotopic (exact) mass is 545 g/mol. The minimum atomic E-state index is -0.894. The van der Waals surface area contributed by atoms with Crippen LogP contribution in [0.5, 0.6) is 0 Å². The van der Waals surface area contributed by atoms with E-state index in [2.05, 4.69) is 10.6 Å². The molecular weight excluding hydrogens is 510 g/mol. The summed E-state index contributed by atoms with van der Waals surface area (Å²) >= 11 is 7.98. The molecule has 0 spiro atoms. The summed E-state index contributed by atoms with van der Waals surface area (Å²) in [7, 11) is 0. The van der Waals surface area contributed by atoms with Gasteiger partial charge in [-0.05, 0) is 76.2 Å². The molecule has 2 atom stereocenters. The largest absolute Gasteiger partial charge is 0.444 e. The Morgan fingerprint density at radius 1 is 1.11 bits per heavy atom. The lowest BCUT2D eigenvalue weighted by Gasteiger charge is -2.35. The molecule has 0 aliphatic heterocycles. The number of nitrogens with one attached hydrogen (secondary N) is 2. The number of halogens is 1. The molecule has 2 aromatic rings. The fourth-order valence-corrected chi connectivity index (χ4v) is 4.79. The van der Waals surface area contributed by atoms with Crippen molar-refractivity contribution in [2.45, 2.75) is 70.7 Å². The van der Waals surface area contributed by atoms with Gasteiger partial charge < -0.3 is 20.3 Å². The van der Waals surface area contributed by atoms with Gasteiger partial charge in [0.25, 0.3) is 5.91 Å². The van der Waals surface area contributed by atoms with Gasteiger partial charge in [0.05, 0.1) is 10.7 Å². The third-order valence-electron chi connectivity index (χ3n) is 5.91. The Morgan fingerprint density at radius 2 is 1.78 bits per heavy atom. The minimum absolute atomic E-state index is 0.104. The lowest BCUT2D eigenvalue weighted by Crippen LogP contribution is -2.53. The summed E-state index contributed by atoms with van der Waals surface area (Å²) in [5.74, 6) is -0.00281. The van der Waals surface area contributed by atoms with Crippen LogP contribution in [-0.4, -0.2) is 52.5 Å². The Morgan fingerprint density at radius 3 is 2.35 bits per heavy atom. The quantitative estimate of drug-likeness (QED) is 0.384. The number of carbonyl (C=O) groups excluding carboxylic acids is 3. The zero-order valence-corrected chi connectivity index (χ0v) is 23.6. The summed E-state index contributed by atoms with van der Waals surface area (Å²) in [6.45, 7) is 7.18. The topological polar surface area (TPSA) is 87.7 Å². The number of anilines is 1. The van der Waals surface area contributed by atoms with Crippen molar-refractivity contribution in [3.05, 3.63) is 64.7 Å². The lowest BCUT2D eigenvalue weighted by atomic mass is 10.0. The van der Waals surface area contributed by atoms with Crippen LogP contribution >= 0.6 is 23.4 Å². The first-order valence-electron chi connectivity index (χ1n) is 12.4. The first-order valence-corrected chi connectivity index (χ1v) is 14.2. The second kappa shape index (κ2) is 12.7. The van der Waals surface area contributed by atoms with Crippen molar-refractivity contribution in [3.63, 3.8) is 0 Å². The number of nitrogens with zero attached hydrogens (tertiary/aromatic N) is 1. The van der Waals surface area contributed by atoms with Crippen LogP contribution in [-0.2, 0) is 14.3 Å². The maximum Gasteiger partial charge on any atom is 0.408 e. The van der Waals surface area contributed by atoms with Crippen LogP contribution in [0.3, 0.4) is 0 Å². The maximum atomic E-state index is 14.1. The van der Waals surface area contributed by atoms with Gasteiger partial charge in [0.15, 0.2) is 0 Å². The van der Waals surface area contributed by atoms with Gasteiger partial charge in [-0.1, -0.05) is 54.1 Å². The van der Waals surface area contributed by atoms with Crippen LogP contribution in [0.25, 0.3) is 0 Å². The summed E-state index contributed by atoms with van der Waals surface area (Å²) in [5, 5.41) is 6.16. The second-order valence-corrected chi connectivity index (χ2v) is 11.6. The summed E-state index contributed by atoms with van der Waals surface area (Å²) < 4.78 is 5.43. The molecule has 0 saturated heterocycles. The molecule has 0 bridgehead atoms. The molecular formula is C28H36ClN3O4S. The standard InChI is InChI=1S/C28H36ClN3O4S/c1-18-10-9-13-21(29)23(18)31-25(33)24(19-11-7-6-8-12-19)32(20-14-15-20)26(34)22(16-17-37-5)30-27(35)36-28(2,3)4/h6-13,20,22,24H,14-17H2,1-5H3,(H,30,35)(H,31,33). The Bertz CT molecular complexity index is 1080. The molecule has 1 aliphatic rings. The van der Waals surface area contributed by atoms with Gasteiger partial charge in [-0.2, -0.15) is 11.8 Å². The van der Waals surface area contributed by atoms with Gasteiger partial charge in [-0.3, -0.25) is 9.59 Å². The highest BCUT2D eigenvalue weighted by atomic mass is 35.5. The minimum Gasteiger partial charge on any atom is -0.444 e. The van der Waals surface area contributed by atoms with E-state index in [4.69, 9.17) is 16.3 Å². The Hall–Kier alpha value is -2.71. The molecule has 2 N–H and O–H groups in total. The number of alkyl carbamates (subject to hydrolysis) is 1. The molecule has 0 radical (unpaired) electrons. The zero-order valence-electron chi connectivity index (χ0n) is 22.0. The summed E-state index contributed by atoms with van der Waals surface area (Å²) in [6.07, 6.45) is 3.27. The fourth-order valence-electron chi connectivity index (χ4n) is 4.05. The summed E-state index contributed by atoms with van der Waals surface area (Å²) in [5.41, 5.74) is 1.32. The number of hydrogen-bond acceptors (Lipinski definition) is 5. The number of aryl methyl sites for hydroxylation is 1. The van der Waals surface area contributed by atoms with E-state index < -0.39 is 23.8 Å². The van der Waals surface area contributed by atoms with Crippen molar-refractivity contribution in [1.29, 1.82) is 0 Å². The SMILES string of the molecule is CSCCC(NC(=O)OC(C)(C)C)C(=O)N(C1CC1)C(C(=O)Nc1c(C)cccc1Cl)c1ccccc1. The van der Waals surface area contributed by atoms with E-state index in [1.807, 2.05) is 55.6 Å². The van der Waals surface area contributed by atoms with Crippen molar-refractivity contribution in [2.24, 2.45) is 0 Å². The Labute approximate surface area is 228 Å². The van der Waals surface area contributed by atoms with Crippen molar-refractivity contribution < 1.29 is 19.1 Å². The van der Waals surface area contributed by atoms with E-state index in [1.165, 1.54) is 0 Å². The van der Waals surface area contributed by atoms with Gasteiger partial charge >= 0.3 is 6.09 Å². The fraction of sp³-hybridized carbons (Fsp3) is 0.464. The third-order valence-corrected chi connectivity index (χ3v) is 6.87. The molecule has 0 heterocycles. The predicted molar refractivity (Wildman–Crippen MR) is 150 cm³/mol. The Balaban J connectivity index is 1.97. The van der Waals surface area contributed by atoms with E-state index in [0.717, 1.165) is 18.4 Å². The number of para-hydroxylation sites is 1. The van der Waals surface area contributed by atoms with E-state index in [0.29, 0.717) is 28.4 Å². The number of benzene rings is 2. The normalized spacial score (nSPS) is 14.9. The highest BCUT2D eigenvalue weighted by Gasteiger charge is 2.44. The molecule has 7 nitrogen and oxygen atoms in total. The number of thioether (sulfide) groups is 1. The maximum absolute atomic E-state index is 14.1. The van der Waals surface area contributed by atoms with Crippen molar-refractivity contribution in [2.75, 3.05) is 17.3 Å². The van der Waals surface area contributed by atoms with Gasteiger partial charge in [-0.15, -0.1) is 0 Å². The highest BCUT2D eigenvalue weighted by molar-refractivity contribution is 7.98. The van der Waals surface area contributed by atoms with Crippen molar-refractivity contribution >= 4 is 47.0 Å². The average Bonchev–Trinajstić information content (AvgIpc) is 3.66. The summed E-state index contributed by atoms with van der Waals surface area (Å²) in [4.78, 5) is 42.2. The average molecular weight is 546 g/mol. The van der Waals surface area contributed by atoms with Gasteiger partial charge in [0, 0.05) is 6.04 Å². The first-order chi connectivity index (χ1) is 17.5. The number of ether oxygens (including phenoxy) is 1. The van der Waals surface area contributed by atoms with Crippen LogP contribution in [0, 0.1) is 6.92 Å². The molecule has 3 amide bonds. The van der Waals surface area contributed by atoms with Gasteiger partial charge in [0.2, 0.25) is 5.91 Å². The number of amides is 3. The number of carbonyl (C=O) groups is 3. The zero-order chi connectivity index (χ0) is 27.2. The summed E-state index contributed by atoms with van der Waals surface area (Å²) in [6, 6.07) is 12.8. The highest BCUT2D eigenvalue weighted by Crippen LogP contribution is 2.37. The van der Waals surface area contributed by atoms with Gasteiger partial charge in [-0.25, -0.2) is 4.79 Å². The molecule has 200 valence electrons. The van der Waals surface area contributed by atoms with Crippen molar-refractivity contribution in [3.8, 4) is 0 Å². The van der Waals surface area contributed by atoms with E-state index in [9.17, 15) is 14.4 Å². The third kappa shape index (κ3) is 8.14. The van der Waals surface area contributed by atoms with Crippen LogP contribution < -0.4 is 10.6 Å². The molecule has 2 aromatic carbocycles. The van der Waals surface area contributed by atoms with Crippen LogP contribution in [0.15, 0.2) is 48.5 Å². The lowest BCUT2D eigenvalue weighted by molar-refractivity contribution is -0.141. The van der Waals surface area contributed by atoms with Crippen LogP contribution in [0.1, 0.15) is 57.2 Å². The van der Waals surface area contributed by atoms with Crippen LogP contribution in [0.4, 0.5) is 10.5 Å². The predicted octanol–water partition coefficient (Wildman–Crippen LogP) is 5.97. The molecule has 1 saturated carbocycles. The first kappa shape index (κ1) is 28.9. The Kier molecular flexibility index (Phi) is 9.90. The molecule has 37 heavy (non-hydrogen) atoms.